The zero-order valence-electron chi connectivity index (χ0n) is 8.26. The standard InChI is InChI=1S/C10H18ClNO/c1-9-5-2-3-8-12(9)10(13)6-4-7-11/h9H,2-8H2,1H3. The summed E-state index contributed by atoms with van der Waals surface area (Å²) < 4.78 is 0. The Balaban J connectivity index is 2.35. The lowest BCUT2D eigenvalue weighted by atomic mass is 10.0. The molecule has 1 heterocycles. The maximum absolute atomic E-state index is 11.6. The summed E-state index contributed by atoms with van der Waals surface area (Å²) in [5, 5.41) is 0. The van der Waals surface area contributed by atoms with E-state index in [4.69, 9.17) is 11.6 Å². The Morgan fingerprint density at radius 2 is 2.31 bits per heavy atom. The van der Waals surface area contributed by atoms with Crippen molar-refractivity contribution < 1.29 is 4.79 Å². The monoisotopic (exact) mass is 203 g/mol. The molecule has 1 rings (SSSR count). The van der Waals surface area contributed by atoms with E-state index in [-0.39, 0.29) is 5.91 Å². The lowest BCUT2D eigenvalue weighted by molar-refractivity contribution is -0.134. The lowest BCUT2D eigenvalue weighted by Crippen LogP contribution is -2.41. The van der Waals surface area contributed by atoms with Crippen molar-refractivity contribution in [3.8, 4) is 0 Å². The zero-order valence-corrected chi connectivity index (χ0v) is 9.02. The topological polar surface area (TPSA) is 20.3 Å². The van der Waals surface area contributed by atoms with Gasteiger partial charge in [0, 0.05) is 24.9 Å². The highest BCUT2D eigenvalue weighted by Crippen LogP contribution is 2.17. The lowest BCUT2D eigenvalue weighted by Gasteiger charge is -2.33. The Hall–Kier alpha value is -0.240. The molecule has 3 heteroatoms. The van der Waals surface area contributed by atoms with Crippen LogP contribution in [0, 0.1) is 0 Å². The first-order valence-electron chi connectivity index (χ1n) is 5.11. The molecule has 1 saturated heterocycles. The molecule has 0 aromatic heterocycles. The van der Waals surface area contributed by atoms with Crippen LogP contribution in [-0.2, 0) is 4.79 Å². The van der Waals surface area contributed by atoms with Crippen LogP contribution >= 0.6 is 11.6 Å². The molecule has 0 aromatic carbocycles. The number of piperidine rings is 1. The van der Waals surface area contributed by atoms with E-state index in [0.717, 1.165) is 25.8 Å². The minimum Gasteiger partial charge on any atom is -0.340 e. The first kappa shape index (κ1) is 10.8. The second-order valence-electron chi connectivity index (χ2n) is 3.72. The summed E-state index contributed by atoms with van der Waals surface area (Å²) in [4.78, 5) is 13.6. The third-order valence-corrected chi connectivity index (χ3v) is 2.91. The van der Waals surface area contributed by atoms with E-state index in [0.29, 0.717) is 18.3 Å². The van der Waals surface area contributed by atoms with Gasteiger partial charge in [-0.05, 0) is 32.6 Å². The predicted molar refractivity (Wildman–Crippen MR) is 55.0 cm³/mol. The van der Waals surface area contributed by atoms with Gasteiger partial charge in [0.15, 0.2) is 0 Å². The molecule has 0 spiro atoms. The molecule has 0 radical (unpaired) electrons. The van der Waals surface area contributed by atoms with Crippen LogP contribution in [0.25, 0.3) is 0 Å². The van der Waals surface area contributed by atoms with Gasteiger partial charge in [-0.3, -0.25) is 4.79 Å². The SMILES string of the molecule is CC1CCCCN1C(=O)CCCCl. The maximum atomic E-state index is 11.6. The molecule has 1 aliphatic heterocycles. The van der Waals surface area contributed by atoms with E-state index in [2.05, 4.69) is 6.92 Å². The number of likely N-dealkylation sites (tertiary alicyclic amines) is 1. The molecule has 0 saturated carbocycles. The van der Waals surface area contributed by atoms with Gasteiger partial charge >= 0.3 is 0 Å². The van der Waals surface area contributed by atoms with Crippen molar-refractivity contribution >= 4 is 17.5 Å². The summed E-state index contributed by atoms with van der Waals surface area (Å²) in [5.74, 6) is 0.876. The van der Waals surface area contributed by atoms with Crippen LogP contribution in [0.4, 0.5) is 0 Å². The van der Waals surface area contributed by atoms with Crippen molar-refractivity contribution in [2.45, 2.75) is 45.1 Å². The van der Waals surface area contributed by atoms with Crippen molar-refractivity contribution in [3.63, 3.8) is 0 Å². The summed E-state index contributed by atoms with van der Waals surface area (Å²) in [6, 6.07) is 0.441. The largest absolute Gasteiger partial charge is 0.340 e. The molecule has 1 aliphatic rings. The minimum absolute atomic E-state index is 0.285. The fraction of sp³-hybridized carbons (Fsp3) is 0.900. The average molecular weight is 204 g/mol. The first-order chi connectivity index (χ1) is 6.25. The molecule has 0 aliphatic carbocycles. The van der Waals surface area contributed by atoms with Gasteiger partial charge in [0.25, 0.3) is 0 Å². The molecule has 1 amide bonds. The van der Waals surface area contributed by atoms with E-state index >= 15 is 0 Å². The molecule has 0 aromatic rings. The fourth-order valence-corrected chi connectivity index (χ4v) is 1.96. The van der Waals surface area contributed by atoms with Crippen LogP contribution in [0.5, 0.6) is 0 Å². The number of nitrogens with zero attached hydrogens (tertiary/aromatic N) is 1. The third-order valence-electron chi connectivity index (χ3n) is 2.65. The van der Waals surface area contributed by atoms with Crippen molar-refractivity contribution in [2.24, 2.45) is 0 Å². The summed E-state index contributed by atoms with van der Waals surface area (Å²) in [6.45, 7) is 3.08. The number of hydrogen-bond acceptors (Lipinski definition) is 1. The molecule has 76 valence electrons. The molecule has 1 atom stereocenters. The quantitative estimate of drug-likeness (QED) is 0.646. The van der Waals surface area contributed by atoms with Crippen LogP contribution in [0.2, 0.25) is 0 Å². The Morgan fingerprint density at radius 3 is 2.92 bits per heavy atom. The van der Waals surface area contributed by atoms with E-state index in [1.54, 1.807) is 0 Å². The number of rotatable bonds is 3. The van der Waals surface area contributed by atoms with Crippen LogP contribution in [0.15, 0.2) is 0 Å². The number of amides is 1. The molecular weight excluding hydrogens is 186 g/mol. The van der Waals surface area contributed by atoms with E-state index in [1.807, 2.05) is 4.90 Å². The normalized spacial score (nSPS) is 23.2. The van der Waals surface area contributed by atoms with Gasteiger partial charge in [0.1, 0.15) is 0 Å². The highest BCUT2D eigenvalue weighted by Gasteiger charge is 2.22. The summed E-state index contributed by atoms with van der Waals surface area (Å²) >= 11 is 5.55. The maximum Gasteiger partial charge on any atom is 0.222 e. The molecule has 13 heavy (non-hydrogen) atoms. The Labute approximate surface area is 85.2 Å². The highest BCUT2D eigenvalue weighted by molar-refractivity contribution is 6.17. The minimum atomic E-state index is 0.285. The number of hydrogen-bond donors (Lipinski definition) is 0. The van der Waals surface area contributed by atoms with Crippen molar-refractivity contribution in [2.75, 3.05) is 12.4 Å². The van der Waals surface area contributed by atoms with Crippen molar-refractivity contribution in [3.05, 3.63) is 0 Å². The number of carbonyl (C=O) groups is 1. The Morgan fingerprint density at radius 1 is 1.54 bits per heavy atom. The van der Waals surface area contributed by atoms with Crippen molar-refractivity contribution in [1.29, 1.82) is 0 Å². The summed E-state index contributed by atoms with van der Waals surface area (Å²) in [5.41, 5.74) is 0. The van der Waals surface area contributed by atoms with Crippen LogP contribution in [0.1, 0.15) is 39.0 Å². The highest BCUT2D eigenvalue weighted by atomic mass is 35.5. The van der Waals surface area contributed by atoms with Gasteiger partial charge in [0.05, 0.1) is 0 Å². The van der Waals surface area contributed by atoms with Gasteiger partial charge in [-0.1, -0.05) is 0 Å². The van der Waals surface area contributed by atoms with E-state index in [1.165, 1.54) is 6.42 Å². The van der Waals surface area contributed by atoms with Crippen molar-refractivity contribution in [1.82, 2.24) is 4.90 Å². The molecule has 1 unspecified atom stereocenters. The summed E-state index contributed by atoms with van der Waals surface area (Å²) in [6.07, 6.45) is 5.02. The molecule has 1 fully saturated rings. The second-order valence-corrected chi connectivity index (χ2v) is 4.10. The molecule has 0 bridgehead atoms. The van der Waals surface area contributed by atoms with Gasteiger partial charge in [-0.15, -0.1) is 11.6 Å². The van der Waals surface area contributed by atoms with Crippen LogP contribution in [-0.4, -0.2) is 29.3 Å². The van der Waals surface area contributed by atoms with Gasteiger partial charge < -0.3 is 4.90 Å². The van der Waals surface area contributed by atoms with Crippen LogP contribution < -0.4 is 0 Å². The van der Waals surface area contributed by atoms with E-state index < -0.39 is 0 Å². The van der Waals surface area contributed by atoms with E-state index in [9.17, 15) is 4.79 Å². The number of alkyl halides is 1. The average Bonchev–Trinajstić information content (AvgIpc) is 2.15. The number of carbonyl (C=O) groups excluding carboxylic acids is 1. The second kappa shape index (κ2) is 5.48. The first-order valence-corrected chi connectivity index (χ1v) is 5.64. The third kappa shape index (κ3) is 3.18. The Bertz CT molecular complexity index is 172. The smallest absolute Gasteiger partial charge is 0.222 e. The predicted octanol–water partition coefficient (Wildman–Crippen LogP) is 2.41. The van der Waals surface area contributed by atoms with Crippen LogP contribution in [0.3, 0.4) is 0 Å². The van der Waals surface area contributed by atoms with Gasteiger partial charge in [0.2, 0.25) is 5.91 Å². The van der Waals surface area contributed by atoms with Gasteiger partial charge in [-0.2, -0.15) is 0 Å². The zero-order chi connectivity index (χ0) is 9.68. The fourth-order valence-electron chi connectivity index (χ4n) is 1.83. The molecule has 2 nitrogen and oxygen atoms in total. The Kier molecular flexibility index (Phi) is 4.57. The summed E-state index contributed by atoms with van der Waals surface area (Å²) in [7, 11) is 0. The number of halogens is 1. The molecular formula is C10H18ClNO. The van der Waals surface area contributed by atoms with Gasteiger partial charge in [-0.25, -0.2) is 0 Å². The molecule has 0 N–H and O–H groups in total.